The van der Waals surface area contributed by atoms with E-state index in [0.717, 1.165) is 17.9 Å². The van der Waals surface area contributed by atoms with Crippen molar-refractivity contribution in [2.45, 2.75) is 13.3 Å². The number of nitrogen functional groups attached to an aromatic ring is 1. The third-order valence-corrected chi connectivity index (χ3v) is 3.83. The molecule has 5 heteroatoms. The summed E-state index contributed by atoms with van der Waals surface area (Å²) in [5.41, 5.74) is 8.08. The highest BCUT2D eigenvalue weighted by molar-refractivity contribution is 5.97. The van der Waals surface area contributed by atoms with Gasteiger partial charge in [-0.25, -0.2) is 4.79 Å². The summed E-state index contributed by atoms with van der Waals surface area (Å²) in [6.07, 6.45) is 0.755. The van der Waals surface area contributed by atoms with E-state index in [9.17, 15) is 4.79 Å². The van der Waals surface area contributed by atoms with Gasteiger partial charge in [0, 0.05) is 5.69 Å². The van der Waals surface area contributed by atoms with Crippen LogP contribution >= 0.6 is 0 Å². The molecule has 3 aromatic rings. The average molecular weight is 362 g/mol. The second kappa shape index (κ2) is 8.76. The first-order chi connectivity index (χ1) is 13.2. The highest BCUT2D eigenvalue weighted by Gasteiger charge is 2.15. The van der Waals surface area contributed by atoms with E-state index in [1.807, 2.05) is 61.5 Å². The van der Waals surface area contributed by atoms with Crippen LogP contribution in [-0.2, 0) is 4.74 Å². The predicted octanol–water partition coefficient (Wildman–Crippen LogP) is 5.37. The second-order valence-electron chi connectivity index (χ2n) is 5.98. The Morgan fingerprint density at radius 2 is 1.70 bits per heavy atom. The number of ether oxygens (including phenoxy) is 2. The Kier molecular flexibility index (Phi) is 5.94. The van der Waals surface area contributed by atoms with Gasteiger partial charge in [-0.1, -0.05) is 37.3 Å². The summed E-state index contributed by atoms with van der Waals surface area (Å²) in [6.45, 7) is 2.31. The standard InChI is InChI=1S/C22H22N2O3/c1-2-14-26-22(25)18-15-16(23)12-13-19(18)24-20-10-6-7-11-21(20)27-17-8-4-3-5-9-17/h3-13,15,24H,2,14,23H2,1H3. The smallest absolute Gasteiger partial charge is 0.340 e. The molecule has 3 aromatic carbocycles. The van der Waals surface area contributed by atoms with Gasteiger partial charge >= 0.3 is 5.97 Å². The van der Waals surface area contributed by atoms with Gasteiger partial charge in [-0.2, -0.15) is 0 Å². The summed E-state index contributed by atoms with van der Waals surface area (Å²) in [6, 6.07) is 22.2. The number of anilines is 3. The third-order valence-electron chi connectivity index (χ3n) is 3.83. The number of esters is 1. The number of benzene rings is 3. The molecule has 0 aliphatic carbocycles. The van der Waals surface area contributed by atoms with Gasteiger partial charge in [0.15, 0.2) is 5.75 Å². The van der Waals surface area contributed by atoms with Gasteiger partial charge in [-0.3, -0.25) is 0 Å². The first-order valence-corrected chi connectivity index (χ1v) is 8.83. The molecule has 27 heavy (non-hydrogen) atoms. The maximum atomic E-state index is 12.4. The Balaban J connectivity index is 1.88. The lowest BCUT2D eigenvalue weighted by Gasteiger charge is -2.15. The molecule has 0 saturated heterocycles. The summed E-state index contributed by atoms with van der Waals surface area (Å²) in [5.74, 6) is 0.966. The Labute approximate surface area is 158 Å². The Hall–Kier alpha value is -3.47. The van der Waals surface area contributed by atoms with Crippen molar-refractivity contribution in [3.05, 3.63) is 78.4 Å². The number of carbonyl (C=O) groups excluding carboxylic acids is 1. The van der Waals surface area contributed by atoms with Crippen molar-refractivity contribution < 1.29 is 14.3 Å². The fourth-order valence-electron chi connectivity index (χ4n) is 2.53. The van der Waals surface area contributed by atoms with E-state index in [0.29, 0.717) is 29.3 Å². The third kappa shape index (κ3) is 4.79. The molecule has 0 saturated carbocycles. The average Bonchev–Trinajstić information content (AvgIpc) is 2.69. The van der Waals surface area contributed by atoms with Crippen molar-refractivity contribution in [1.29, 1.82) is 0 Å². The summed E-state index contributed by atoms with van der Waals surface area (Å²) >= 11 is 0. The van der Waals surface area contributed by atoms with Crippen LogP contribution in [0.2, 0.25) is 0 Å². The van der Waals surface area contributed by atoms with Crippen molar-refractivity contribution in [1.82, 2.24) is 0 Å². The molecule has 0 bridgehead atoms. The minimum atomic E-state index is -0.409. The van der Waals surface area contributed by atoms with E-state index in [1.165, 1.54) is 0 Å². The molecule has 138 valence electrons. The number of rotatable bonds is 7. The number of hydrogen-bond acceptors (Lipinski definition) is 5. The van der Waals surface area contributed by atoms with Crippen molar-refractivity contribution >= 4 is 23.0 Å². The summed E-state index contributed by atoms with van der Waals surface area (Å²) in [4.78, 5) is 12.4. The van der Waals surface area contributed by atoms with Crippen molar-refractivity contribution in [2.75, 3.05) is 17.7 Å². The van der Waals surface area contributed by atoms with Crippen LogP contribution < -0.4 is 15.8 Å². The maximum absolute atomic E-state index is 12.4. The van der Waals surface area contributed by atoms with Crippen LogP contribution in [0.15, 0.2) is 72.8 Å². The van der Waals surface area contributed by atoms with Crippen molar-refractivity contribution in [3.8, 4) is 11.5 Å². The number of nitrogens with two attached hydrogens (primary N) is 1. The molecule has 0 spiro atoms. The van der Waals surface area contributed by atoms with E-state index in [-0.39, 0.29) is 0 Å². The van der Waals surface area contributed by atoms with E-state index in [1.54, 1.807) is 18.2 Å². The van der Waals surface area contributed by atoms with E-state index < -0.39 is 5.97 Å². The van der Waals surface area contributed by atoms with Gasteiger partial charge in [0.05, 0.1) is 23.5 Å². The van der Waals surface area contributed by atoms with Gasteiger partial charge in [0.2, 0.25) is 0 Å². The largest absolute Gasteiger partial charge is 0.462 e. The normalized spacial score (nSPS) is 10.3. The molecule has 3 rings (SSSR count). The summed E-state index contributed by atoms with van der Waals surface area (Å²) in [5, 5.41) is 3.26. The Morgan fingerprint density at radius 1 is 0.963 bits per heavy atom. The highest BCUT2D eigenvalue weighted by atomic mass is 16.5. The number of hydrogen-bond donors (Lipinski definition) is 2. The zero-order valence-corrected chi connectivity index (χ0v) is 15.1. The minimum absolute atomic E-state index is 0.362. The molecule has 5 nitrogen and oxygen atoms in total. The van der Waals surface area contributed by atoms with Gasteiger partial charge in [-0.15, -0.1) is 0 Å². The lowest BCUT2D eigenvalue weighted by Crippen LogP contribution is -2.09. The quantitative estimate of drug-likeness (QED) is 0.436. The SMILES string of the molecule is CCCOC(=O)c1cc(N)ccc1Nc1ccccc1Oc1ccccc1. The second-order valence-corrected chi connectivity index (χ2v) is 5.98. The zero-order valence-electron chi connectivity index (χ0n) is 15.1. The lowest BCUT2D eigenvalue weighted by molar-refractivity contribution is 0.0506. The topological polar surface area (TPSA) is 73.6 Å². The number of para-hydroxylation sites is 3. The molecule has 0 radical (unpaired) electrons. The molecule has 0 fully saturated rings. The molecule has 0 unspecified atom stereocenters. The Bertz CT molecular complexity index is 910. The van der Waals surface area contributed by atoms with Crippen LogP contribution in [0, 0.1) is 0 Å². The van der Waals surface area contributed by atoms with Crippen LogP contribution in [0.4, 0.5) is 17.1 Å². The molecule has 0 aliphatic rings. The van der Waals surface area contributed by atoms with Crippen LogP contribution in [0.5, 0.6) is 11.5 Å². The fourth-order valence-corrected chi connectivity index (χ4v) is 2.53. The van der Waals surface area contributed by atoms with Crippen LogP contribution in [0.25, 0.3) is 0 Å². The van der Waals surface area contributed by atoms with Crippen molar-refractivity contribution in [3.63, 3.8) is 0 Å². The first-order valence-electron chi connectivity index (χ1n) is 8.83. The summed E-state index contributed by atoms with van der Waals surface area (Å²) < 4.78 is 11.2. The van der Waals surface area contributed by atoms with Crippen LogP contribution in [0.1, 0.15) is 23.7 Å². The molecular weight excluding hydrogens is 340 g/mol. The van der Waals surface area contributed by atoms with Gasteiger partial charge in [0.25, 0.3) is 0 Å². The van der Waals surface area contributed by atoms with E-state index in [2.05, 4.69) is 5.32 Å². The van der Waals surface area contributed by atoms with Crippen LogP contribution in [-0.4, -0.2) is 12.6 Å². The maximum Gasteiger partial charge on any atom is 0.340 e. The molecule has 0 aromatic heterocycles. The van der Waals surface area contributed by atoms with Gasteiger partial charge in [-0.05, 0) is 48.9 Å². The number of carbonyl (C=O) groups is 1. The first kappa shape index (κ1) is 18.3. The van der Waals surface area contributed by atoms with Crippen LogP contribution in [0.3, 0.4) is 0 Å². The molecule has 0 atom stereocenters. The number of nitrogens with one attached hydrogen (secondary N) is 1. The molecule has 3 N–H and O–H groups in total. The van der Waals surface area contributed by atoms with Gasteiger partial charge < -0.3 is 20.5 Å². The monoisotopic (exact) mass is 362 g/mol. The summed E-state index contributed by atoms with van der Waals surface area (Å²) in [7, 11) is 0. The highest BCUT2D eigenvalue weighted by Crippen LogP contribution is 2.33. The minimum Gasteiger partial charge on any atom is -0.462 e. The van der Waals surface area contributed by atoms with E-state index >= 15 is 0 Å². The molecular formula is C22H22N2O3. The van der Waals surface area contributed by atoms with Crippen molar-refractivity contribution in [2.24, 2.45) is 0 Å². The zero-order chi connectivity index (χ0) is 19.1. The predicted molar refractivity (Wildman–Crippen MR) is 108 cm³/mol. The van der Waals surface area contributed by atoms with Gasteiger partial charge in [0.1, 0.15) is 5.75 Å². The fraction of sp³-hybridized carbons (Fsp3) is 0.136. The molecule has 0 amide bonds. The Morgan fingerprint density at radius 3 is 2.48 bits per heavy atom. The van der Waals surface area contributed by atoms with E-state index in [4.69, 9.17) is 15.2 Å². The lowest BCUT2D eigenvalue weighted by atomic mass is 10.1. The molecule has 0 aliphatic heterocycles. The molecule has 0 heterocycles.